The fraction of sp³-hybridized carbons (Fsp3) is 0.385. The highest BCUT2D eigenvalue weighted by molar-refractivity contribution is 6.31. The molecule has 1 aliphatic heterocycles. The molecule has 90 valence electrons. The summed E-state index contributed by atoms with van der Waals surface area (Å²) >= 11 is 5.98. The van der Waals surface area contributed by atoms with Gasteiger partial charge >= 0.3 is 0 Å². The Morgan fingerprint density at radius 3 is 2.88 bits per heavy atom. The number of hydrogen-bond donors (Lipinski definition) is 2. The summed E-state index contributed by atoms with van der Waals surface area (Å²) in [6.45, 7) is 4.76. The number of H-pyrrole nitrogens is 1. The first kappa shape index (κ1) is 11.1. The van der Waals surface area contributed by atoms with Gasteiger partial charge in [-0.3, -0.25) is 5.32 Å². The van der Waals surface area contributed by atoms with E-state index in [9.17, 15) is 0 Å². The van der Waals surface area contributed by atoms with E-state index in [0.717, 1.165) is 21.6 Å². The Balaban J connectivity index is 1.96. The van der Waals surface area contributed by atoms with Crippen molar-refractivity contribution in [2.75, 3.05) is 6.61 Å². The first-order valence-electron chi connectivity index (χ1n) is 5.73. The van der Waals surface area contributed by atoms with Crippen LogP contribution >= 0.6 is 11.6 Å². The number of ether oxygens (including phenoxy) is 1. The number of benzene rings is 1. The molecular formula is C13H15ClN2O. The third-order valence-corrected chi connectivity index (χ3v) is 3.35. The SMILES string of the molecule is CC1(C)N[C@@H](c2cc3cc(Cl)ccc3[nH]2)CO1. The molecule has 1 saturated heterocycles. The molecule has 0 unspecified atom stereocenters. The highest BCUT2D eigenvalue weighted by atomic mass is 35.5. The van der Waals surface area contributed by atoms with Gasteiger partial charge in [-0.15, -0.1) is 0 Å². The van der Waals surface area contributed by atoms with Crippen LogP contribution in [0.1, 0.15) is 25.6 Å². The van der Waals surface area contributed by atoms with Gasteiger partial charge < -0.3 is 9.72 Å². The van der Waals surface area contributed by atoms with E-state index in [4.69, 9.17) is 16.3 Å². The van der Waals surface area contributed by atoms with Crippen LogP contribution in [0.3, 0.4) is 0 Å². The molecule has 0 radical (unpaired) electrons. The number of aromatic amines is 1. The van der Waals surface area contributed by atoms with E-state index in [1.807, 2.05) is 32.0 Å². The van der Waals surface area contributed by atoms with E-state index in [2.05, 4.69) is 16.4 Å². The summed E-state index contributed by atoms with van der Waals surface area (Å²) in [5.74, 6) is 0. The number of nitrogens with one attached hydrogen (secondary N) is 2. The minimum Gasteiger partial charge on any atom is -0.359 e. The largest absolute Gasteiger partial charge is 0.359 e. The Hall–Kier alpha value is -1.03. The molecule has 17 heavy (non-hydrogen) atoms. The van der Waals surface area contributed by atoms with E-state index >= 15 is 0 Å². The highest BCUT2D eigenvalue weighted by Gasteiger charge is 2.32. The summed E-state index contributed by atoms with van der Waals surface area (Å²) in [6.07, 6.45) is 0. The molecule has 4 heteroatoms. The van der Waals surface area contributed by atoms with E-state index < -0.39 is 0 Å². The number of fused-ring (bicyclic) bond motifs is 1. The van der Waals surface area contributed by atoms with Crippen molar-refractivity contribution in [3.05, 3.63) is 35.0 Å². The molecule has 1 aliphatic rings. The first-order valence-corrected chi connectivity index (χ1v) is 6.11. The fourth-order valence-corrected chi connectivity index (χ4v) is 2.46. The minimum atomic E-state index is -0.250. The van der Waals surface area contributed by atoms with Gasteiger partial charge in [0.15, 0.2) is 0 Å². The van der Waals surface area contributed by atoms with E-state index in [0.29, 0.717) is 6.61 Å². The van der Waals surface area contributed by atoms with Crippen molar-refractivity contribution >= 4 is 22.5 Å². The third kappa shape index (κ3) is 2.06. The maximum Gasteiger partial charge on any atom is 0.114 e. The maximum absolute atomic E-state index is 5.98. The predicted octanol–water partition coefficient (Wildman–Crippen LogP) is 3.22. The van der Waals surface area contributed by atoms with Crippen molar-refractivity contribution < 1.29 is 4.74 Å². The van der Waals surface area contributed by atoms with Crippen LogP contribution in [-0.4, -0.2) is 17.3 Å². The van der Waals surface area contributed by atoms with Crippen LogP contribution in [0.4, 0.5) is 0 Å². The topological polar surface area (TPSA) is 37.0 Å². The van der Waals surface area contributed by atoms with Crippen LogP contribution in [-0.2, 0) is 4.74 Å². The van der Waals surface area contributed by atoms with Crippen LogP contribution in [0.25, 0.3) is 10.9 Å². The van der Waals surface area contributed by atoms with Crippen molar-refractivity contribution in [1.29, 1.82) is 0 Å². The van der Waals surface area contributed by atoms with Crippen LogP contribution in [0, 0.1) is 0 Å². The van der Waals surface area contributed by atoms with E-state index in [1.165, 1.54) is 0 Å². The van der Waals surface area contributed by atoms with Gasteiger partial charge in [-0.25, -0.2) is 0 Å². The average Bonchev–Trinajstić information content (AvgIpc) is 2.80. The molecule has 0 saturated carbocycles. The van der Waals surface area contributed by atoms with Gasteiger partial charge in [0.1, 0.15) is 5.72 Å². The summed E-state index contributed by atoms with van der Waals surface area (Å²) in [7, 11) is 0. The third-order valence-electron chi connectivity index (χ3n) is 3.11. The Bertz CT molecular complexity index is 562. The van der Waals surface area contributed by atoms with Crippen LogP contribution in [0.15, 0.2) is 24.3 Å². The van der Waals surface area contributed by atoms with Gasteiger partial charge in [0.25, 0.3) is 0 Å². The standard InChI is InChI=1S/C13H15ClN2O/c1-13(2)16-12(7-17-13)11-6-8-5-9(14)3-4-10(8)15-11/h3-6,12,15-16H,7H2,1-2H3/t12-/m1/s1. The monoisotopic (exact) mass is 250 g/mol. The summed E-state index contributed by atoms with van der Waals surface area (Å²) < 4.78 is 5.67. The zero-order chi connectivity index (χ0) is 12.0. The summed E-state index contributed by atoms with van der Waals surface area (Å²) in [5, 5.41) is 5.34. The van der Waals surface area contributed by atoms with Crippen molar-refractivity contribution in [2.24, 2.45) is 0 Å². The van der Waals surface area contributed by atoms with Gasteiger partial charge in [-0.05, 0) is 38.1 Å². The summed E-state index contributed by atoms with van der Waals surface area (Å²) in [6, 6.07) is 8.21. The summed E-state index contributed by atoms with van der Waals surface area (Å²) in [4.78, 5) is 3.40. The van der Waals surface area contributed by atoms with Gasteiger partial charge in [-0.2, -0.15) is 0 Å². The Labute approximate surface area is 105 Å². The van der Waals surface area contributed by atoms with Crippen molar-refractivity contribution in [2.45, 2.75) is 25.6 Å². The molecule has 3 rings (SSSR count). The molecule has 0 spiro atoms. The maximum atomic E-state index is 5.98. The van der Waals surface area contributed by atoms with Crippen LogP contribution < -0.4 is 5.32 Å². The second-order valence-corrected chi connectivity index (χ2v) is 5.41. The van der Waals surface area contributed by atoms with Crippen LogP contribution in [0.5, 0.6) is 0 Å². The Morgan fingerprint density at radius 1 is 1.35 bits per heavy atom. The lowest BCUT2D eigenvalue weighted by molar-refractivity contribution is 0.0231. The second kappa shape index (κ2) is 3.73. The lowest BCUT2D eigenvalue weighted by Gasteiger charge is -2.17. The molecule has 1 aromatic carbocycles. The second-order valence-electron chi connectivity index (χ2n) is 4.97. The Kier molecular flexibility index (Phi) is 2.43. The molecule has 1 fully saturated rings. The number of halogens is 1. The number of hydrogen-bond acceptors (Lipinski definition) is 2. The average molecular weight is 251 g/mol. The van der Waals surface area contributed by atoms with Crippen LogP contribution in [0.2, 0.25) is 5.02 Å². The predicted molar refractivity (Wildman–Crippen MR) is 69.2 cm³/mol. The first-order chi connectivity index (χ1) is 8.03. The zero-order valence-electron chi connectivity index (χ0n) is 9.88. The molecule has 0 bridgehead atoms. The molecule has 2 aromatic rings. The molecule has 2 N–H and O–H groups in total. The summed E-state index contributed by atoms with van der Waals surface area (Å²) in [5.41, 5.74) is 2.00. The molecule has 0 amide bonds. The van der Waals surface area contributed by atoms with Gasteiger partial charge in [0.2, 0.25) is 0 Å². The lowest BCUT2D eigenvalue weighted by atomic mass is 10.2. The zero-order valence-corrected chi connectivity index (χ0v) is 10.6. The molecule has 1 atom stereocenters. The van der Waals surface area contributed by atoms with E-state index in [-0.39, 0.29) is 11.8 Å². The lowest BCUT2D eigenvalue weighted by Crippen LogP contribution is -2.34. The molecule has 2 heterocycles. The van der Waals surface area contributed by atoms with Crippen molar-refractivity contribution in [1.82, 2.24) is 10.3 Å². The highest BCUT2D eigenvalue weighted by Crippen LogP contribution is 2.28. The minimum absolute atomic E-state index is 0.219. The molecular weight excluding hydrogens is 236 g/mol. The molecule has 1 aromatic heterocycles. The van der Waals surface area contributed by atoms with Gasteiger partial charge in [0.05, 0.1) is 12.6 Å². The smallest absolute Gasteiger partial charge is 0.114 e. The number of rotatable bonds is 1. The van der Waals surface area contributed by atoms with E-state index in [1.54, 1.807) is 0 Å². The van der Waals surface area contributed by atoms with Gasteiger partial charge in [-0.1, -0.05) is 11.6 Å². The Morgan fingerprint density at radius 2 is 2.18 bits per heavy atom. The quantitative estimate of drug-likeness (QED) is 0.816. The fourth-order valence-electron chi connectivity index (χ4n) is 2.28. The normalized spacial score (nSPS) is 23.4. The van der Waals surface area contributed by atoms with Crippen molar-refractivity contribution in [3.8, 4) is 0 Å². The van der Waals surface area contributed by atoms with Gasteiger partial charge in [0, 0.05) is 21.6 Å². The molecule has 0 aliphatic carbocycles. The van der Waals surface area contributed by atoms with Crippen molar-refractivity contribution in [3.63, 3.8) is 0 Å². The number of aromatic nitrogens is 1. The molecule has 3 nitrogen and oxygen atoms in total.